The Morgan fingerprint density at radius 1 is 0.867 bits per heavy atom. The fraction of sp³-hybridized carbons (Fsp3) is 0.120. The van der Waals surface area contributed by atoms with Crippen molar-refractivity contribution < 1.29 is 4.74 Å². The minimum absolute atomic E-state index is 0.527. The Balaban J connectivity index is 1.50. The number of hydrogen-bond acceptors (Lipinski definition) is 4. The van der Waals surface area contributed by atoms with Crippen LogP contribution in [-0.4, -0.2) is 14.5 Å². The predicted octanol–water partition coefficient (Wildman–Crippen LogP) is 5.75. The summed E-state index contributed by atoms with van der Waals surface area (Å²) < 4.78 is 8.09. The van der Waals surface area contributed by atoms with Crippen LogP contribution in [0, 0.1) is 6.92 Å². The highest BCUT2D eigenvalue weighted by Gasteiger charge is 2.11. The third-order valence-electron chi connectivity index (χ3n) is 5.19. The molecule has 1 N–H and O–H groups in total. The maximum atomic E-state index is 6.03. The van der Waals surface area contributed by atoms with Gasteiger partial charge in [-0.2, -0.15) is 0 Å². The molecule has 2 aromatic heterocycles. The molecule has 0 saturated heterocycles. The number of pyridine rings is 1. The van der Waals surface area contributed by atoms with Gasteiger partial charge in [0.15, 0.2) is 0 Å². The molecular weight excluding hydrogens is 372 g/mol. The molecule has 0 aliphatic carbocycles. The van der Waals surface area contributed by atoms with E-state index in [1.807, 2.05) is 74.6 Å². The van der Waals surface area contributed by atoms with E-state index in [4.69, 9.17) is 9.72 Å². The van der Waals surface area contributed by atoms with Gasteiger partial charge in [0, 0.05) is 18.1 Å². The van der Waals surface area contributed by atoms with Gasteiger partial charge in [-0.25, -0.2) is 4.98 Å². The molecule has 0 radical (unpaired) electrons. The molecule has 0 fully saturated rings. The van der Waals surface area contributed by atoms with E-state index in [0.29, 0.717) is 6.61 Å². The quantitative estimate of drug-likeness (QED) is 0.412. The second kappa shape index (κ2) is 7.52. The summed E-state index contributed by atoms with van der Waals surface area (Å²) in [7, 11) is 2.02. The van der Waals surface area contributed by atoms with Crippen molar-refractivity contribution in [1.82, 2.24) is 14.5 Å². The number of rotatable bonds is 5. The molecule has 5 heteroatoms. The molecule has 0 spiro atoms. The van der Waals surface area contributed by atoms with E-state index in [-0.39, 0.29) is 0 Å². The Morgan fingerprint density at radius 3 is 2.50 bits per heavy atom. The lowest BCUT2D eigenvalue weighted by Gasteiger charge is -2.12. The fourth-order valence-corrected chi connectivity index (χ4v) is 3.65. The van der Waals surface area contributed by atoms with Crippen molar-refractivity contribution in [2.45, 2.75) is 13.5 Å². The van der Waals surface area contributed by atoms with Gasteiger partial charge >= 0.3 is 0 Å². The van der Waals surface area contributed by atoms with E-state index < -0.39 is 0 Å². The molecule has 5 aromatic rings. The Labute approximate surface area is 175 Å². The molecule has 5 nitrogen and oxygen atoms in total. The Bertz CT molecular complexity index is 1340. The van der Waals surface area contributed by atoms with Crippen LogP contribution >= 0.6 is 0 Å². The number of anilines is 2. The average Bonchev–Trinajstić information content (AvgIpc) is 3.08. The van der Waals surface area contributed by atoms with Crippen LogP contribution in [0.3, 0.4) is 0 Å². The lowest BCUT2D eigenvalue weighted by molar-refractivity contribution is 0.306. The monoisotopic (exact) mass is 394 g/mol. The summed E-state index contributed by atoms with van der Waals surface area (Å²) in [5, 5.41) is 4.50. The van der Waals surface area contributed by atoms with Crippen molar-refractivity contribution >= 4 is 33.6 Å². The topological polar surface area (TPSA) is 52.0 Å². The largest absolute Gasteiger partial charge is 0.489 e. The summed E-state index contributed by atoms with van der Waals surface area (Å²) >= 11 is 0. The number of fused-ring (bicyclic) bond motifs is 2. The maximum Gasteiger partial charge on any atom is 0.208 e. The van der Waals surface area contributed by atoms with Crippen LogP contribution in [0.2, 0.25) is 0 Å². The second-order valence-corrected chi connectivity index (χ2v) is 7.37. The first-order valence-corrected chi connectivity index (χ1v) is 9.94. The van der Waals surface area contributed by atoms with Gasteiger partial charge in [-0.3, -0.25) is 4.98 Å². The molecule has 0 unspecified atom stereocenters. The van der Waals surface area contributed by atoms with Crippen LogP contribution in [0.5, 0.6) is 5.75 Å². The lowest BCUT2D eigenvalue weighted by Crippen LogP contribution is -2.01. The van der Waals surface area contributed by atoms with Crippen LogP contribution in [0.4, 0.5) is 11.6 Å². The summed E-state index contributed by atoms with van der Waals surface area (Å²) in [6.45, 7) is 2.53. The molecule has 0 saturated carbocycles. The first-order valence-electron chi connectivity index (χ1n) is 9.94. The van der Waals surface area contributed by atoms with Crippen molar-refractivity contribution in [3.63, 3.8) is 0 Å². The fourth-order valence-electron chi connectivity index (χ4n) is 3.65. The highest BCUT2D eigenvalue weighted by atomic mass is 16.5. The molecule has 0 amide bonds. The number of hydrogen-bond donors (Lipinski definition) is 1. The highest BCUT2D eigenvalue weighted by Crippen LogP contribution is 2.30. The molecule has 0 atom stereocenters. The number of imidazole rings is 1. The van der Waals surface area contributed by atoms with Gasteiger partial charge < -0.3 is 14.6 Å². The molecule has 3 aromatic carbocycles. The SMILES string of the molecule is Cc1cc(Nc2nc3ccccc3n2C)c2cc(OCc3ccccc3)ccc2n1. The van der Waals surface area contributed by atoms with Crippen LogP contribution in [0.25, 0.3) is 21.9 Å². The predicted molar refractivity (Wildman–Crippen MR) is 121 cm³/mol. The minimum atomic E-state index is 0.527. The smallest absolute Gasteiger partial charge is 0.208 e. The van der Waals surface area contributed by atoms with Gasteiger partial charge in [0.25, 0.3) is 0 Å². The first kappa shape index (κ1) is 18.2. The zero-order chi connectivity index (χ0) is 20.5. The normalized spacial score (nSPS) is 11.1. The maximum absolute atomic E-state index is 6.03. The van der Waals surface area contributed by atoms with E-state index in [0.717, 1.165) is 50.6 Å². The van der Waals surface area contributed by atoms with Crippen LogP contribution < -0.4 is 10.1 Å². The Morgan fingerprint density at radius 2 is 1.67 bits per heavy atom. The molecule has 0 bridgehead atoms. The average molecular weight is 394 g/mol. The number of benzene rings is 3. The molecule has 30 heavy (non-hydrogen) atoms. The molecule has 0 aliphatic heterocycles. The van der Waals surface area contributed by atoms with Crippen molar-refractivity contribution in [2.24, 2.45) is 7.05 Å². The number of para-hydroxylation sites is 2. The number of nitrogens with zero attached hydrogens (tertiary/aromatic N) is 3. The van der Waals surface area contributed by atoms with Gasteiger partial charge in [0.2, 0.25) is 5.95 Å². The van der Waals surface area contributed by atoms with Crippen molar-refractivity contribution in [2.75, 3.05) is 5.32 Å². The molecular formula is C25H22N4O. The second-order valence-electron chi connectivity index (χ2n) is 7.37. The van der Waals surface area contributed by atoms with E-state index >= 15 is 0 Å². The number of nitrogens with one attached hydrogen (secondary N) is 1. The minimum Gasteiger partial charge on any atom is -0.489 e. The molecule has 2 heterocycles. The zero-order valence-corrected chi connectivity index (χ0v) is 17.0. The van der Waals surface area contributed by atoms with Crippen molar-refractivity contribution in [3.8, 4) is 5.75 Å². The van der Waals surface area contributed by atoms with E-state index in [1.165, 1.54) is 0 Å². The zero-order valence-electron chi connectivity index (χ0n) is 17.0. The van der Waals surface area contributed by atoms with Crippen molar-refractivity contribution in [3.05, 3.63) is 90.1 Å². The van der Waals surface area contributed by atoms with E-state index in [9.17, 15) is 0 Å². The van der Waals surface area contributed by atoms with Gasteiger partial charge in [-0.15, -0.1) is 0 Å². The van der Waals surface area contributed by atoms with Crippen LogP contribution in [0.1, 0.15) is 11.3 Å². The van der Waals surface area contributed by atoms with Gasteiger partial charge in [0.1, 0.15) is 12.4 Å². The summed E-state index contributed by atoms with van der Waals surface area (Å²) in [5.41, 5.74) is 6.01. The molecule has 148 valence electrons. The van der Waals surface area contributed by atoms with Crippen LogP contribution in [0.15, 0.2) is 78.9 Å². The summed E-state index contributed by atoms with van der Waals surface area (Å²) in [5.74, 6) is 1.60. The summed E-state index contributed by atoms with van der Waals surface area (Å²) in [6.07, 6.45) is 0. The van der Waals surface area contributed by atoms with E-state index in [1.54, 1.807) is 0 Å². The molecule has 5 rings (SSSR count). The number of ether oxygens (including phenoxy) is 1. The highest BCUT2D eigenvalue weighted by molar-refractivity contribution is 5.94. The lowest BCUT2D eigenvalue weighted by atomic mass is 10.1. The third-order valence-corrected chi connectivity index (χ3v) is 5.19. The summed E-state index contributed by atoms with van der Waals surface area (Å²) in [4.78, 5) is 9.42. The Kier molecular flexibility index (Phi) is 4.56. The number of aryl methyl sites for hydroxylation is 2. The first-order chi connectivity index (χ1) is 14.7. The third kappa shape index (κ3) is 3.46. The van der Waals surface area contributed by atoms with Gasteiger partial charge in [0.05, 0.1) is 22.2 Å². The number of aromatic nitrogens is 3. The van der Waals surface area contributed by atoms with Crippen LogP contribution in [-0.2, 0) is 13.7 Å². The molecule has 0 aliphatic rings. The van der Waals surface area contributed by atoms with Crippen molar-refractivity contribution in [1.29, 1.82) is 0 Å². The van der Waals surface area contributed by atoms with Gasteiger partial charge in [-0.05, 0) is 48.9 Å². The summed E-state index contributed by atoms with van der Waals surface area (Å²) in [6, 6.07) is 26.3. The van der Waals surface area contributed by atoms with Gasteiger partial charge in [-0.1, -0.05) is 42.5 Å². The van der Waals surface area contributed by atoms with E-state index in [2.05, 4.69) is 33.1 Å². The standard InChI is InChI=1S/C25H22N4O/c1-17-14-23(28-25-27-22-10-6-7-11-24(22)29(25)2)20-15-19(12-13-21(20)26-17)30-16-18-8-4-3-5-9-18/h3-15H,16H2,1-2H3,(H,26,27,28). The Hall–Kier alpha value is -3.86.